The summed E-state index contributed by atoms with van der Waals surface area (Å²) in [4.78, 5) is 10.6. The lowest BCUT2D eigenvalue weighted by molar-refractivity contribution is -0.167. The summed E-state index contributed by atoms with van der Waals surface area (Å²) in [5, 5.41) is 10.3. The second-order valence-electron chi connectivity index (χ2n) is 2.75. The summed E-state index contributed by atoms with van der Waals surface area (Å²) < 4.78 is 36.4. The van der Waals surface area contributed by atoms with Gasteiger partial charge in [-0.2, -0.15) is 18.4 Å². The average Bonchev–Trinajstić information content (AvgIpc) is 2.19. The zero-order valence-corrected chi connectivity index (χ0v) is 9.19. The highest BCUT2D eigenvalue weighted by atomic mass is 79.9. The van der Waals surface area contributed by atoms with Crippen molar-refractivity contribution in [1.29, 1.82) is 5.26 Å². The molecule has 84 valence electrons. The van der Waals surface area contributed by atoms with Crippen LogP contribution >= 0.6 is 15.9 Å². The Kier molecular flexibility index (Phi) is 3.55. The summed E-state index contributed by atoms with van der Waals surface area (Å²) in [6.45, 7) is 0. The molecule has 7 heteroatoms. The first kappa shape index (κ1) is 12.5. The van der Waals surface area contributed by atoms with Crippen LogP contribution in [0.2, 0.25) is 0 Å². The molecule has 1 aromatic carbocycles. The Balaban J connectivity index is 2.99. The number of nitrogens with one attached hydrogen (secondary N) is 1. The zero-order chi connectivity index (χ0) is 12.3. The Morgan fingerprint density at radius 2 is 2.06 bits per heavy atom. The summed E-state index contributed by atoms with van der Waals surface area (Å²) in [6, 6.07) is 5.63. The van der Waals surface area contributed by atoms with Crippen LogP contribution in [0.25, 0.3) is 0 Å². The van der Waals surface area contributed by atoms with Gasteiger partial charge < -0.3 is 5.32 Å². The van der Waals surface area contributed by atoms with E-state index in [1.807, 2.05) is 0 Å². The van der Waals surface area contributed by atoms with Crippen molar-refractivity contribution in [3.05, 3.63) is 28.2 Å². The van der Waals surface area contributed by atoms with Gasteiger partial charge in [0.05, 0.1) is 11.3 Å². The largest absolute Gasteiger partial charge is 0.471 e. The van der Waals surface area contributed by atoms with Crippen LogP contribution in [0.5, 0.6) is 0 Å². The number of anilines is 1. The standard InChI is InChI=1S/C9H4BrF3N2O/c10-6-1-2-7(5(3-6)4-14)15-8(16)9(11,12)13/h1-3H,(H,15,16). The first-order valence-electron chi connectivity index (χ1n) is 3.92. The first-order chi connectivity index (χ1) is 7.34. The van der Waals surface area contributed by atoms with Gasteiger partial charge in [-0.05, 0) is 18.2 Å². The fourth-order valence-electron chi connectivity index (χ4n) is 0.911. The van der Waals surface area contributed by atoms with Crippen molar-refractivity contribution in [3.8, 4) is 6.07 Å². The smallest absolute Gasteiger partial charge is 0.317 e. The Morgan fingerprint density at radius 3 is 2.56 bits per heavy atom. The van der Waals surface area contributed by atoms with E-state index in [0.717, 1.165) is 0 Å². The molecule has 3 nitrogen and oxygen atoms in total. The lowest BCUT2D eigenvalue weighted by Gasteiger charge is -2.09. The van der Waals surface area contributed by atoms with E-state index in [0.29, 0.717) is 4.47 Å². The molecular weight excluding hydrogens is 289 g/mol. The van der Waals surface area contributed by atoms with Gasteiger partial charge in [-0.25, -0.2) is 0 Å². The van der Waals surface area contributed by atoms with E-state index < -0.39 is 12.1 Å². The number of rotatable bonds is 1. The van der Waals surface area contributed by atoms with Crippen LogP contribution < -0.4 is 5.32 Å². The van der Waals surface area contributed by atoms with Gasteiger partial charge in [0.2, 0.25) is 0 Å². The lowest BCUT2D eigenvalue weighted by atomic mass is 10.2. The molecular formula is C9H4BrF3N2O. The maximum atomic E-state index is 11.9. The molecule has 0 aromatic heterocycles. The highest BCUT2D eigenvalue weighted by molar-refractivity contribution is 9.10. The Labute approximate surface area is 97.0 Å². The van der Waals surface area contributed by atoms with E-state index >= 15 is 0 Å². The quantitative estimate of drug-likeness (QED) is 0.865. The maximum absolute atomic E-state index is 11.9. The fraction of sp³-hybridized carbons (Fsp3) is 0.111. The first-order valence-corrected chi connectivity index (χ1v) is 4.71. The van der Waals surface area contributed by atoms with Crippen molar-refractivity contribution in [2.75, 3.05) is 5.32 Å². The van der Waals surface area contributed by atoms with Crippen LogP contribution in [0.3, 0.4) is 0 Å². The van der Waals surface area contributed by atoms with E-state index in [-0.39, 0.29) is 11.3 Å². The Hall–Kier alpha value is -1.55. The van der Waals surface area contributed by atoms with Crippen LogP contribution in [-0.4, -0.2) is 12.1 Å². The number of hydrogen-bond acceptors (Lipinski definition) is 2. The molecule has 0 unspecified atom stereocenters. The van der Waals surface area contributed by atoms with Gasteiger partial charge in [0.1, 0.15) is 6.07 Å². The van der Waals surface area contributed by atoms with E-state index in [9.17, 15) is 18.0 Å². The van der Waals surface area contributed by atoms with Crippen molar-refractivity contribution in [3.63, 3.8) is 0 Å². The topological polar surface area (TPSA) is 52.9 Å². The Morgan fingerprint density at radius 1 is 1.44 bits per heavy atom. The minimum absolute atomic E-state index is 0.0491. The maximum Gasteiger partial charge on any atom is 0.471 e. The van der Waals surface area contributed by atoms with Crippen LogP contribution in [-0.2, 0) is 4.79 Å². The predicted molar refractivity (Wildman–Crippen MR) is 53.5 cm³/mol. The van der Waals surface area contributed by atoms with E-state index in [4.69, 9.17) is 5.26 Å². The molecule has 16 heavy (non-hydrogen) atoms. The van der Waals surface area contributed by atoms with Gasteiger partial charge in [0.25, 0.3) is 0 Å². The molecule has 1 N–H and O–H groups in total. The van der Waals surface area contributed by atoms with E-state index in [1.54, 1.807) is 11.4 Å². The molecule has 0 fully saturated rings. The number of nitriles is 1. The van der Waals surface area contributed by atoms with Gasteiger partial charge in [-0.1, -0.05) is 15.9 Å². The molecule has 0 aliphatic heterocycles. The molecule has 1 aromatic rings. The van der Waals surface area contributed by atoms with Crippen molar-refractivity contribution in [1.82, 2.24) is 0 Å². The van der Waals surface area contributed by atoms with Crippen LogP contribution in [0.15, 0.2) is 22.7 Å². The fourth-order valence-corrected chi connectivity index (χ4v) is 1.27. The van der Waals surface area contributed by atoms with Crippen LogP contribution in [0.1, 0.15) is 5.56 Å². The van der Waals surface area contributed by atoms with Crippen molar-refractivity contribution >= 4 is 27.5 Å². The summed E-state index contributed by atoms with van der Waals surface area (Å²) in [6.07, 6.45) is -4.97. The van der Waals surface area contributed by atoms with Crippen molar-refractivity contribution < 1.29 is 18.0 Å². The molecule has 0 atom stereocenters. The second-order valence-corrected chi connectivity index (χ2v) is 3.67. The van der Waals surface area contributed by atoms with Crippen molar-refractivity contribution in [2.45, 2.75) is 6.18 Å². The average molecular weight is 293 g/mol. The third kappa shape index (κ3) is 2.97. The number of hydrogen-bond donors (Lipinski definition) is 1. The third-order valence-electron chi connectivity index (χ3n) is 1.61. The van der Waals surface area contributed by atoms with E-state index in [2.05, 4.69) is 15.9 Å². The normalized spacial score (nSPS) is 10.7. The molecule has 0 saturated heterocycles. The predicted octanol–water partition coefficient (Wildman–Crippen LogP) is 2.82. The molecule has 0 radical (unpaired) electrons. The minimum Gasteiger partial charge on any atom is -0.317 e. The molecule has 0 aliphatic rings. The Bertz CT molecular complexity index is 465. The number of halogens is 4. The number of carbonyl (C=O) groups excluding carboxylic acids is 1. The summed E-state index contributed by atoms with van der Waals surface area (Å²) in [5.41, 5.74) is -0.222. The highest BCUT2D eigenvalue weighted by Crippen LogP contribution is 2.23. The summed E-state index contributed by atoms with van der Waals surface area (Å²) in [7, 11) is 0. The van der Waals surface area contributed by atoms with Gasteiger partial charge in [-0.3, -0.25) is 4.79 Å². The van der Waals surface area contributed by atoms with Crippen molar-refractivity contribution in [2.24, 2.45) is 0 Å². The number of alkyl halides is 3. The minimum atomic E-state index is -4.97. The molecule has 0 saturated carbocycles. The van der Waals surface area contributed by atoms with Gasteiger partial charge in [0, 0.05) is 4.47 Å². The molecule has 0 aliphatic carbocycles. The number of benzene rings is 1. The number of carbonyl (C=O) groups is 1. The molecule has 1 rings (SSSR count). The molecule has 1 amide bonds. The SMILES string of the molecule is N#Cc1cc(Br)ccc1NC(=O)C(F)(F)F. The third-order valence-corrected chi connectivity index (χ3v) is 2.10. The number of amides is 1. The highest BCUT2D eigenvalue weighted by Gasteiger charge is 2.38. The van der Waals surface area contributed by atoms with E-state index in [1.165, 1.54) is 18.2 Å². The monoisotopic (exact) mass is 292 g/mol. The van der Waals surface area contributed by atoms with Crippen LogP contribution in [0, 0.1) is 11.3 Å². The van der Waals surface area contributed by atoms with Gasteiger partial charge in [-0.15, -0.1) is 0 Å². The summed E-state index contributed by atoms with van der Waals surface area (Å²) >= 11 is 3.06. The molecule has 0 spiro atoms. The molecule has 0 heterocycles. The second kappa shape index (κ2) is 4.53. The molecule has 0 bridgehead atoms. The number of nitrogens with zero attached hydrogens (tertiary/aromatic N) is 1. The summed E-state index contributed by atoms with van der Waals surface area (Å²) in [5.74, 6) is -2.11. The zero-order valence-electron chi connectivity index (χ0n) is 7.60. The van der Waals surface area contributed by atoms with Gasteiger partial charge in [0.15, 0.2) is 0 Å². The van der Waals surface area contributed by atoms with Crippen LogP contribution in [0.4, 0.5) is 18.9 Å². The van der Waals surface area contributed by atoms with Gasteiger partial charge >= 0.3 is 12.1 Å². The lowest BCUT2D eigenvalue weighted by Crippen LogP contribution is -2.30.